The van der Waals surface area contributed by atoms with Crippen LogP contribution in [0.4, 0.5) is 0 Å². The molecule has 1 unspecified atom stereocenters. The summed E-state index contributed by atoms with van der Waals surface area (Å²) in [6.45, 7) is 1.55. The third-order valence-electron chi connectivity index (χ3n) is 0.983. The number of hydrogen-bond acceptors (Lipinski definition) is 2. The Morgan fingerprint density at radius 3 is 1.88 bits per heavy atom. The van der Waals surface area contributed by atoms with Crippen LogP contribution in [0.25, 0.3) is 0 Å². The highest BCUT2D eigenvalue weighted by Gasteiger charge is 2.11. The van der Waals surface area contributed by atoms with Crippen LogP contribution in [-0.4, -0.2) is 27.1 Å². The maximum absolute atomic E-state index is 10.5. The minimum Gasteiger partial charge on any atom is -0.227 e. The first-order valence-corrected chi connectivity index (χ1v) is 4.21. The topological polar surface area (TPSA) is 48.2 Å². The van der Waals surface area contributed by atoms with Crippen molar-refractivity contribution in [1.29, 1.82) is 0 Å². The van der Waals surface area contributed by atoms with Crippen molar-refractivity contribution in [3.05, 3.63) is 0 Å². The molecule has 4 heteroatoms. The first kappa shape index (κ1) is 7.91. The van der Waals surface area contributed by atoms with Crippen LogP contribution in [0.15, 0.2) is 0 Å². The van der Waals surface area contributed by atoms with E-state index < -0.39 is 15.2 Å². The summed E-state index contributed by atoms with van der Waals surface area (Å²) in [5.41, 5.74) is 0. The monoisotopic (exact) mass is 136 g/mol. The lowest BCUT2D eigenvalue weighted by molar-refractivity contribution is 0.577. The molecule has 0 saturated heterocycles. The molecule has 1 radical (unpaired) electrons. The predicted octanol–water partition coefficient (Wildman–Crippen LogP) is -0.389. The van der Waals surface area contributed by atoms with Gasteiger partial charge in [-0.2, -0.15) is 0 Å². The summed E-state index contributed by atoms with van der Waals surface area (Å²) in [5.74, 6) is 0. The fraction of sp³-hybridized carbons (Fsp3) is 1.00. The van der Waals surface area contributed by atoms with Gasteiger partial charge in [0.05, 0.1) is 0 Å². The molecular weight excluding hydrogens is 126 g/mol. The minimum atomic E-state index is -2.92. The van der Waals surface area contributed by atoms with Gasteiger partial charge < -0.3 is 0 Å². The van der Waals surface area contributed by atoms with Crippen LogP contribution in [0, 0.1) is 0 Å². The number of rotatable bonds is 2. The van der Waals surface area contributed by atoms with Crippen molar-refractivity contribution in [3.63, 3.8) is 0 Å². The van der Waals surface area contributed by atoms with E-state index in [1.807, 2.05) is 0 Å². The molecule has 0 aliphatic carbocycles. The molecular formula is C4H10NO2S. The zero-order chi connectivity index (χ0) is 6.78. The van der Waals surface area contributed by atoms with Crippen LogP contribution in [0.3, 0.4) is 0 Å². The summed E-state index contributed by atoms with van der Waals surface area (Å²) < 4.78 is 20.9. The molecule has 0 bridgehead atoms. The number of nitrogens with zero attached hydrogens (tertiary/aromatic N) is 1. The number of sulfone groups is 1. The van der Waals surface area contributed by atoms with E-state index in [2.05, 4.69) is 5.32 Å². The van der Waals surface area contributed by atoms with Crippen molar-refractivity contribution in [3.8, 4) is 0 Å². The molecule has 0 saturated carbocycles. The highest BCUT2D eigenvalue weighted by Crippen LogP contribution is 1.91. The first-order chi connectivity index (χ1) is 3.48. The Morgan fingerprint density at radius 2 is 1.88 bits per heavy atom. The molecule has 8 heavy (non-hydrogen) atoms. The zero-order valence-corrected chi connectivity index (χ0v) is 6.07. The molecule has 49 valence electrons. The Morgan fingerprint density at radius 1 is 1.50 bits per heavy atom. The molecule has 0 aromatic heterocycles. The van der Waals surface area contributed by atoms with Gasteiger partial charge in [0, 0.05) is 13.3 Å². The Kier molecular flexibility index (Phi) is 2.43. The SMILES string of the molecule is C[N]C(C)S(C)(=O)=O. The van der Waals surface area contributed by atoms with Crippen molar-refractivity contribution < 1.29 is 8.42 Å². The number of hydrogen-bond donors (Lipinski definition) is 0. The Labute approximate surface area is 50.0 Å². The van der Waals surface area contributed by atoms with E-state index in [9.17, 15) is 8.42 Å². The molecule has 0 amide bonds. The fourth-order valence-electron chi connectivity index (χ4n) is 0.191. The van der Waals surface area contributed by atoms with Gasteiger partial charge in [0.15, 0.2) is 9.84 Å². The maximum atomic E-state index is 10.5. The lowest BCUT2D eigenvalue weighted by Crippen LogP contribution is -2.24. The van der Waals surface area contributed by atoms with Crippen molar-refractivity contribution >= 4 is 9.84 Å². The Balaban J connectivity index is 4.04. The van der Waals surface area contributed by atoms with Gasteiger partial charge in [-0.3, -0.25) is 0 Å². The summed E-state index contributed by atoms with van der Waals surface area (Å²) in [6, 6.07) is 0. The lowest BCUT2D eigenvalue weighted by Gasteiger charge is -2.02. The van der Waals surface area contributed by atoms with Gasteiger partial charge in [0.1, 0.15) is 5.37 Å². The van der Waals surface area contributed by atoms with E-state index in [-0.39, 0.29) is 0 Å². The fourth-order valence-corrected chi connectivity index (χ4v) is 0.574. The molecule has 0 aromatic rings. The summed E-state index contributed by atoms with van der Waals surface area (Å²) >= 11 is 0. The van der Waals surface area contributed by atoms with Gasteiger partial charge in [0.25, 0.3) is 0 Å². The molecule has 0 N–H and O–H groups in total. The normalized spacial score (nSPS) is 15.9. The van der Waals surface area contributed by atoms with Crippen LogP contribution in [0.2, 0.25) is 0 Å². The van der Waals surface area contributed by atoms with Crippen molar-refractivity contribution in [2.45, 2.75) is 12.3 Å². The summed E-state index contributed by atoms with van der Waals surface area (Å²) in [4.78, 5) is 0. The molecule has 0 aromatic carbocycles. The summed E-state index contributed by atoms with van der Waals surface area (Å²) in [6.07, 6.45) is 1.17. The second-order valence-corrected chi connectivity index (χ2v) is 4.03. The predicted molar refractivity (Wildman–Crippen MR) is 32.4 cm³/mol. The lowest BCUT2D eigenvalue weighted by atomic mass is 10.8. The second kappa shape index (κ2) is 2.46. The quantitative estimate of drug-likeness (QED) is 0.519. The Hall–Kier alpha value is -0.0900. The zero-order valence-electron chi connectivity index (χ0n) is 5.25. The van der Waals surface area contributed by atoms with Crippen molar-refractivity contribution in [2.24, 2.45) is 0 Å². The van der Waals surface area contributed by atoms with Crippen LogP contribution in [0.5, 0.6) is 0 Å². The molecule has 0 aliphatic rings. The minimum absolute atomic E-state index is 0.553. The van der Waals surface area contributed by atoms with Gasteiger partial charge in [0.2, 0.25) is 0 Å². The largest absolute Gasteiger partial charge is 0.227 e. The third-order valence-corrected chi connectivity index (χ3v) is 2.43. The van der Waals surface area contributed by atoms with Crippen LogP contribution >= 0.6 is 0 Å². The van der Waals surface area contributed by atoms with E-state index in [0.29, 0.717) is 0 Å². The molecule has 0 aliphatic heterocycles. The molecule has 3 nitrogen and oxygen atoms in total. The van der Waals surface area contributed by atoms with Gasteiger partial charge in [-0.25, -0.2) is 13.7 Å². The third kappa shape index (κ3) is 2.28. The molecule has 0 heterocycles. The van der Waals surface area contributed by atoms with Gasteiger partial charge in [-0.1, -0.05) is 0 Å². The highest BCUT2D eigenvalue weighted by molar-refractivity contribution is 7.91. The maximum Gasteiger partial charge on any atom is 0.164 e. The summed E-state index contributed by atoms with van der Waals surface area (Å²) in [5, 5.41) is 3.02. The van der Waals surface area contributed by atoms with E-state index in [1.54, 1.807) is 6.92 Å². The highest BCUT2D eigenvalue weighted by atomic mass is 32.2. The standard InChI is InChI=1S/C4H10NO2S/c1-4(5-2)8(3,6)7/h4H,1-3H3. The molecule has 1 atom stereocenters. The second-order valence-electron chi connectivity index (χ2n) is 1.69. The van der Waals surface area contributed by atoms with Crippen LogP contribution in [0.1, 0.15) is 6.92 Å². The average molecular weight is 136 g/mol. The van der Waals surface area contributed by atoms with Gasteiger partial charge in [-0.05, 0) is 6.92 Å². The van der Waals surface area contributed by atoms with Crippen LogP contribution in [-0.2, 0) is 9.84 Å². The molecule has 0 rings (SSSR count). The van der Waals surface area contributed by atoms with E-state index in [1.165, 1.54) is 13.3 Å². The summed E-state index contributed by atoms with van der Waals surface area (Å²) in [7, 11) is -1.43. The first-order valence-electron chi connectivity index (χ1n) is 2.26. The van der Waals surface area contributed by atoms with E-state index in [0.717, 1.165) is 0 Å². The Bertz CT molecular complexity index is 149. The van der Waals surface area contributed by atoms with Gasteiger partial charge in [-0.15, -0.1) is 0 Å². The average Bonchev–Trinajstić information content (AvgIpc) is 1.62. The molecule has 0 fully saturated rings. The van der Waals surface area contributed by atoms with Gasteiger partial charge >= 0.3 is 0 Å². The molecule has 0 spiro atoms. The van der Waals surface area contributed by atoms with Crippen molar-refractivity contribution in [2.75, 3.05) is 13.3 Å². The van der Waals surface area contributed by atoms with Crippen molar-refractivity contribution in [1.82, 2.24) is 5.32 Å². The van der Waals surface area contributed by atoms with E-state index in [4.69, 9.17) is 0 Å². The smallest absolute Gasteiger partial charge is 0.164 e. The van der Waals surface area contributed by atoms with E-state index >= 15 is 0 Å². The van der Waals surface area contributed by atoms with Crippen LogP contribution < -0.4 is 5.32 Å².